The number of fused-ring (bicyclic) bond motifs is 1. The number of rotatable bonds is 7. The van der Waals surface area contributed by atoms with Crippen LogP contribution in [-0.2, 0) is 16.1 Å². The monoisotopic (exact) mass is 396 g/mol. The van der Waals surface area contributed by atoms with E-state index < -0.39 is 29.2 Å². The molecule has 3 amide bonds. The van der Waals surface area contributed by atoms with E-state index in [9.17, 15) is 19.2 Å². The number of hydrogen-bond acceptors (Lipinski definition) is 5. The molecule has 1 aromatic carbocycles. The van der Waals surface area contributed by atoms with Crippen molar-refractivity contribution in [1.29, 1.82) is 0 Å². The van der Waals surface area contributed by atoms with E-state index in [1.807, 2.05) is 0 Å². The standard InChI is InChI=1S/C20H20N4O5/c1-12(19(27)22-9-13-5-4-8-29-13)24-17(25)11-23-20(28)15-10-21-16-7-3-2-6-14(16)18(15)26/h2-8,10,12H,9,11H2,1H3,(H,21,26)(H,22,27)(H,23,28)(H,24,25). The average molecular weight is 396 g/mol. The molecule has 4 N–H and O–H groups in total. The highest BCUT2D eigenvalue weighted by Gasteiger charge is 2.17. The van der Waals surface area contributed by atoms with E-state index in [0.29, 0.717) is 16.7 Å². The summed E-state index contributed by atoms with van der Waals surface area (Å²) in [6.07, 6.45) is 2.80. The van der Waals surface area contributed by atoms with Crippen LogP contribution in [0.1, 0.15) is 23.0 Å². The Hall–Kier alpha value is -3.88. The number of aromatic amines is 1. The van der Waals surface area contributed by atoms with Crippen LogP contribution in [0.15, 0.2) is 58.1 Å². The first-order chi connectivity index (χ1) is 14.0. The number of furan rings is 1. The largest absolute Gasteiger partial charge is 0.467 e. The van der Waals surface area contributed by atoms with Crippen LogP contribution in [0.3, 0.4) is 0 Å². The van der Waals surface area contributed by atoms with Crippen molar-refractivity contribution in [3.8, 4) is 0 Å². The number of pyridine rings is 1. The Morgan fingerprint density at radius 3 is 2.66 bits per heavy atom. The Balaban J connectivity index is 1.51. The minimum atomic E-state index is -0.807. The van der Waals surface area contributed by atoms with Gasteiger partial charge < -0.3 is 25.4 Å². The van der Waals surface area contributed by atoms with Gasteiger partial charge in [-0.25, -0.2) is 0 Å². The molecule has 150 valence electrons. The second kappa shape index (κ2) is 8.87. The summed E-state index contributed by atoms with van der Waals surface area (Å²) in [5, 5.41) is 7.87. The molecule has 0 fully saturated rings. The maximum atomic E-state index is 12.4. The van der Waals surface area contributed by atoms with Gasteiger partial charge in [0.1, 0.15) is 17.4 Å². The molecule has 1 atom stereocenters. The molecule has 0 aliphatic heterocycles. The Morgan fingerprint density at radius 1 is 1.10 bits per heavy atom. The third-order valence-electron chi connectivity index (χ3n) is 4.23. The number of benzene rings is 1. The maximum absolute atomic E-state index is 12.4. The lowest BCUT2D eigenvalue weighted by atomic mass is 10.1. The number of amides is 3. The van der Waals surface area contributed by atoms with Crippen molar-refractivity contribution in [3.63, 3.8) is 0 Å². The second-order valence-electron chi connectivity index (χ2n) is 6.35. The normalized spacial score (nSPS) is 11.6. The van der Waals surface area contributed by atoms with Gasteiger partial charge in [-0.15, -0.1) is 0 Å². The third-order valence-corrected chi connectivity index (χ3v) is 4.23. The highest BCUT2D eigenvalue weighted by molar-refractivity contribution is 5.99. The summed E-state index contributed by atoms with van der Waals surface area (Å²) in [5.74, 6) is -1.05. The molecule has 3 aromatic rings. The zero-order valence-electron chi connectivity index (χ0n) is 15.7. The van der Waals surface area contributed by atoms with Crippen LogP contribution in [-0.4, -0.2) is 35.3 Å². The molecule has 3 rings (SSSR count). The summed E-state index contributed by atoms with van der Waals surface area (Å²) < 4.78 is 5.11. The Kier molecular flexibility index (Phi) is 6.08. The van der Waals surface area contributed by atoms with Gasteiger partial charge in [-0.05, 0) is 31.2 Å². The van der Waals surface area contributed by atoms with Crippen molar-refractivity contribution >= 4 is 28.6 Å². The molecule has 0 bridgehead atoms. The predicted octanol–water partition coefficient (Wildman–Crippen LogP) is 0.672. The fourth-order valence-electron chi connectivity index (χ4n) is 2.69. The van der Waals surface area contributed by atoms with Crippen molar-refractivity contribution in [2.75, 3.05) is 6.54 Å². The first kappa shape index (κ1) is 19.9. The van der Waals surface area contributed by atoms with E-state index in [1.165, 1.54) is 19.4 Å². The van der Waals surface area contributed by atoms with E-state index in [0.717, 1.165) is 0 Å². The van der Waals surface area contributed by atoms with Gasteiger partial charge in [0.25, 0.3) is 5.91 Å². The van der Waals surface area contributed by atoms with E-state index in [1.54, 1.807) is 36.4 Å². The maximum Gasteiger partial charge on any atom is 0.257 e. The Morgan fingerprint density at radius 2 is 1.90 bits per heavy atom. The number of nitrogens with one attached hydrogen (secondary N) is 4. The minimum absolute atomic E-state index is 0.0965. The first-order valence-electron chi connectivity index (χ1n) is 8.94. The molecule has 2 heterocycles. The van der Waals surface area contributed by atoms with E-state index in [-0.39, 0.29) is 18.7 Å². The van der Waals surface area contributed by atoms with Crippen molar-refractivity contribution < 1.29 is 18.8 Å². The summed E-state index contributed by atoms with van der Waals surface area (Å²) in [6.45, 7) is 1.35. The molecular weight excluding hydrogens is 376 g/mol. The smallest absolute Gasteiger partial charge is 0.257 e. The summed E-state index contributed by atoms with van der Waals surface area (Å²) >= 11 is 0. The van der Waals surface area contributed by atoms with Crippen LogP contribution < -0.4 is 21.4 Å². The second-order valence-corrected chi connectivity index (χ2v) is 6.35. The van der Waals surface area contributed by atoms with Crippen LogP contribution >= 0.6 is 0 Å². The SMILES string of the molecule is CC(NC(=O)CNC(=O)c1c[nH]c2ccccc2c1=O)C(=O)NCc1ccco1. The molecular formula is C20H20N4O5. The van der Waals surface area contributed by atoms with Crippen LogP contribution in [0.4, 0.5) is 0 Å². The molecule has 9 nitrogen and oxygen atoms in total. The van der Waals surface area contributed by atoms with Gasteiger partial charge in [-0.1, -0.05) is 12.1 Å². The highest BCUT2D eigenvalue weighted by Crippen LogP contribution is 2.06. The molecule has 0 saturated carbocycles. The van der Waals surface area contributed by atoms with Gasteiger partial charge in [0.2, 0.25) is 17.2 Å². The number of carbonyl (C=O) groups excluding carboxylic acids is 3. The average Bonchev–Trinajstić information content (AvgIpc) is 3.24. The molecule has 9 heteroatoms. The molecule has 29 heavy (non-hydrogen) atoms. The molecule has 0 aliphatic carbocycles. The van der Waals surface area contributed by atoms with Gasteiger partial charge in [0.15, 0.2) is 0 Å². The van der Waals surface area contributed by atoms with Gasteiger partial charge in [-0.2, -0.15) is 0 Å². The van der Waals surface area contributed by atoms with Gasteiger partial charge >= 0.3 is 0 Å². The lowest BCUT2D eigenvalue weighted by molar-refractivity contribution is -0.128. The van der Waals surface area contributed by atoms with E-state index >= 15 is 0 Å². The third kappa shape index (κ3) is 4.89. The van der Waals surface area contributed by atoms with Crippen molar-refractivity contribution in [1.82, 2.24) is 20.9 Å². The molecule has 1 unspecified atom stereocenters. The molecule has 0 aliphatic rings. The molecule has 0 saturated heterocycles. The number of aromatic nitrogens is 1. The van der Waals surface area contributed by atoms with Crippen LogP contribution in [0.5, 0.6) is 0 Å². The summed E-state index contributed by atoms with van der Waals surface area (Å²) in [5.41, 5.74) is 0.0878. The number of hydrogen-bond donors (Lipinski definition) is 4. The minimum Gasteiger partial charge on any atom is -0.467 e. The van der Waals surface area contributed by atoms with Crippen LogP contribution in [0, 0.1) is 0 Å². The predicted molar refractivity (Wildman–Crippen MR) is 105 cm³/mol. The highest BCUT2D eigenvalue weighted by atomic mass is 16.3. The molecule has 0 spiro atoms. The lowest BCUT2D eigenvalue weighted by Gasteiger charge is -2.14. The van der Waals surface area contributed by atoms with E-state index in [4.69, 9.17) is 4.42 Å². The van der Waals surface area contributed by atoms with Gasteiger partial charge in [0, 0.05) is 17.1 Å². The van der Waals surface area contributed by atoms with Crippen molar-refractivity contribution in [3.05, 3.63) is 70.4 Å². The Labute approximate surface area is 165 Å². The summed E-state index contributed by atoms with van der Waals surface area (Å²) in [6, 6.07) is 9.42. The van der Waals surface area contributed by atoms with Crippen LogP contribution in [0.2, 0.25) is 0 Å². The van der Waals surface area contributed by atoms with Gasteiger partial charge in [0.05, 0.1) is 19.4 Å². The number of carbonyl (C=O) groups is 3. The fraction of sp³-hybridized carbons (Fsp3) is 0.200. The molecule has 2 aromatic heterocycles. The Bertz CT molecular complexity index is 1090. The van der Waals surface area contributed by atoms with Gasteiger partial charge in [-0.3, -0.25) is 19.2 Å². The lowest BCUT2D eigenvalue weighted by Crippen LogP contribution is -2.48. The fourth-order valence-corrected chi connectivity index (χ4v) is 2.69. The quantitative estimate of drug-likeness (QED) is 0.466. The molecule has 0 radical (unpaired) electrons. The van der Waals surface area contributed by atoms with E-state index in [2.05, 4.69) is 20.9 Å². The number of para-hydroxylation sites is 1. The summed E-state index contributed by atoms with van der Waals surface area (Å²) in [4.78, 5) is 51.6. The zero-order valence-corrected chi connectivity index (χ0v) is 15.7. The number of H-pyrrole nitrogens is 1. The van der Waals surface area contributed by atoms with Crippen molar-refractivity contribution in [2.45, 2.75) is 19.5 Å². The summed E-state index contributed by atoms with van der Waals surface area (Å²) in [7, 11) is 0. The van der Waals surface area contributed by atoms with Crippen LogP contribution in [0.25, 0.3) is 10.9 Å². The van der Waals surface area contributed by atoms with Crippen molar-refractivity contribution in [2.24, 2.45) is 0 Å². The zero-order chi connectivity index (χ0) is 20.8. The first-order valence-corrected chi connectivity index (χ1v) is 8.94. The topological polar surface area (TPSA) is 133 Å².